The lowest BCUT2D eigenvalue weighted by Gasteiger charge is -2.05. The lowest BCUT2D eigenvalue weighted by molar-refractivity contribution is 0.0464. The number of esters is 1. The smallest absolute Gasteiger partial charge is 0.348 e. The first-order chi connectivity index (χ1) is 10.4. The molecule has 7 heteroatoms. The predicted octanol–water partition coefficient (Wildman–Crippen LogP) is 2.29. The molecule has 0 bridgehead atoms. The van der Waals surface area contributed by atoms with Crippen molar-refractivity contribution < 1.29 is 14.3 Å². The number of aryl methyl sites for hydroxylation is 1. The molecule has 2 aromatic rings. The fourth-order valence-electron chi connectivity index (χ4n) is 2.01. The van der Waals surface area contributed by atoms with Gasteiger partial charge in [0.1, 0.15) is 15.5 Å². The van der Waals surface area contributed by atoms with Crippen LogP contribution in [-0.4, -0.2) is 36.3 Å². The number of rotatable bonds is 6. The molecule has 1 N–H and O–H groups in total. The van der Waals surface area contributed by atoms with Gasteiger partial charge in [-0.05, 0) is 18.4 Å². The van der Waals surface area contributed by atoms with Gasteiger partial charge in [-0.1, -0.05) is 13.8 Å². The number of carbonyl (C=O) groups is 1. The van der Waals surface area contributed by atoms with Crippen LogP contribution in [0.4, 0.5) is 0 Å². The van der Waals surface area contributed by atoms with Crippen LogP contribution in [0.3, 0.4) is 0 Å². The van der Waals surface area contributed by atoms with E-state index in [2.05, 4.69) is 9.97 Å². The van der Waals surface area contributed by atoms with Crippen LogP contribution in [0.1, 0.15) is 34.9 Å². The first kappa shape index (κ1) is 16.6. The Hall–Kier alpha value is -1.73. The molecule has 2 heterocycles. The molecule has 2 aromatic heterocycles. The van der Waals surface area contributed by atoms with Gasteiger partial charge in [0.2, 0.25) is 0 Å². The summed E-state index contributed by atoms with van der Waals surface area (Å²) in [6.07, 6.45) is 0.520. The van der Waals surface area contributed by atoms with Crippen molar-refractivity contribution in [1.82, 2.24) is 9.97 Å². The van der Waals surface area contributed by atoms with Gasteiger partial charge in [-0.3, -0.25) is 4.79 Å². The minimum absolute atomic E-state index is 0.229. The van der Waals surface area contributed by atoms with Crippen molar-refractivity contribution in [3.63, 3.8) is 0 Å². The van der Waals surface area contributed by atoms with Crippen LogP contribution in [0.15, 0.2) is 4.79 Å². The maximum atomic E-state index is 12.2. The number of ether oxygens (including phenoxy) is 2. The highest BCUT2D eigenvalue weighted by atomic mass is 32.1. The summed E-state index contributed by atoms with van der Waals surface area (Å²) in [5.74, 6) is 0.426. The van der Waals surface area contributed by atoms with E-state index in [9.17, 15) is 9.59 Å². The number of hydrogen-bond donors (Lipinski definition) is 1. The zero-order chi connectivity index (χ0) is 16.3. The van der Waals surface area contributed by atoms with Crippen LogP contribution >= 0.6 is 11.3 Å². The molecule has 0 unspecified atom stereocenters. The summed E-state index contributed by atoms with van der Waals surface area (Å²) in [6.45, 7) is 6.52. The lowest BCUT2D eigenvalue weighted by atomic mass is 10.2. The molecule has 2 rings (SSSR count). The molecule has 0 atom stereocenters. The van der Waals surface area contributed by atoms with Crippen molar-refractivity contribution in [2.75, 3.05) is 20.3 Å². The summed E-state index contributed by atoms with van der Waals surface area (Å²) in [6, 6.07) is 0. The number of H-pyrrole nitrogens is 1. The number of nitrogens with one attached hydrogen (secondary N) is 1. The second-order valence-corrected chi connectivity index (χ2v) is 6.48. The van der Waals surface area contributed by atoms with Gasteiger partial charge >= 0.3 is 5.97 Å². The van der Waals surface area contributed by atoms with E-state index < -0.39 is 5.97 Å². The summed E-state index contributed by atoms with van der Waals surface area (Å²) >= 11 is 1.20. The molecular weight excluding hydrogens is 304 g/mol. The number of fused-ring (bicyclic) bond motifs is 1. The number of methoxy groups -OCH3 is 1. The van der Waals surface area contributed by atoms with Crippen molar-refractivity contribution >= 4 is 27.5 Å². The SMILES string of the molecule is COCCc1nc2sc(C(=O)OCC(C)C)c(C)c2c(=O)[nH]1. The third-order valence-electron chi connectivity index (χ3n) is 3.13. The average molecular weight is 324 g/mol. The van der Waals surface area contributed by atoms with E-state index in [1.165, 1.54) is 11.3 Å². The summed E-state index contributed by atoms with van der Waals surface area (Å²) < 4.78 is 10.2. The maximum Gasteiger partial charge on any atom is 0.348 e. The molecule has 0 fully saturated rings. The molecule has 0 aliphatic rings. The Bertz CT molecular complexity index is 733. The monoisotopic (exact) mass is 324 g/mol. The van der Waals surface area contributed by atoms with Crippen LogP contribution in [0.2, 0.25) is 0 Å². The molecule has 0 saturated heterocycles. The molecule has 0 spiro atoms. The van der Waals surface area contributed by atoms with Gasteiger partial charge in [0.05, 0.1) is 18.6 Å². The maximum absolute atomic E-state index is 12.2. The third-order valence-corrected chi connectivity index (χ3v) is 4.29. The Morgan fingerprint density at radius 1 is 1.41 bits per heavy atom. The Labute approximate surface area is 132 Å². The number of aromatic amines is 1. The van der Waals surface area contributed by atoms with Gasteiger partial charge in [-0.2, -0.15) is 0 Å². The van der Waals surface area contributed by atoms with Crippen LogP contribution < -0.4 is 5.56 Å². The minimum atomic E-state index is -0.396. The standard InChI is InChI=1S/C15H20N2O4S/c1-8(2)7-21-15(19)12-9(3)11-13(18)16-10(5-6-20-4)17-14(11)22-12/h8H,5-7H2,1-4H3,(H,16,17,18). The Balaban J connectivity index is 2.37. The Morgan fingerprint density at radius 3 is 2.77 bits per heavy atom. The molecule has 0 aromatic carbocycles. The molecular formula is C15H20N2O4S. The lowest BCUT2D eigenvalue weighted by Crippen LogP contribution is -2.13. The fraction of sp³-hybridized carbons (Fsp3) is 0.533. The highest BCUT2D eigenvalue weighted by molar-refractivity contribution is 7.20. The topological polar surface area (TPSA) is 81.3 Å². The van der Waals surface area contributed by atoms with Crippen molar-refractivity contribution in [2.45, 2.75) is 27.2 Å². The molecule has 120 valence electrons. The van der Waals surface area contributed by atoms with Crippen LogP contribution in [0, 0.1) is 12.8 Å². The number of thiophene rings is 1. The van der Waals surface area contributed by atoms with Gasteiger partial charge in [0.25, 0.3) is 5.56 Å². The number of nitrogens with zero attached hydrogens (tertiary/aromatic N) is 1. The van der Waals surface area contributed by atoms with Crippen molar-refractivity contribution in [1.29, 1.82) is 0 Å². The van der Waals surface area contributed by atoms with E-state index in [4.69, 9.17) is 9.47 Å². The van der Waals surface area contributed by atoms with E-state index in [1.807, 2.05) is 13.8 Å². The molecule has 0 amide bonds. The van der Waals surface area contributed by atoms with Crippen molar-refractivity contribution in [3.8, 4) is 0 Å². The highest BCUT2D eigenvalue weighted by Crippen LogP contribution is 2.27. The van der Waals surface area contributed by atoms with Crippen LogP contribution in [0.25, 0.3) is 10.2 Å². The van der Waals surface area contributed by atoms with E-state index in [1.54, 1.807) is 14.0 Å². The summed E-state index contributed by atoms with van der Waals surface area (Å²) in [5, 5.41) is 0.461. The van der Waals surface area contributed by atoms with E-state index in [0.717, 1.165) is 0 Å². The van der Waals surface area contributed by atoms with Gasteiger partial charge in [-0.25, -0.2) is 9.78 Å². The molecule has 0 aliphatic heterocycles. The highest BCUT2D eigenvalue weighted by Gasteiger charge is 2.20. The summed E-state index contributed by atoms with van der Waals surface area (Å²) in [7, 11) is 1.59. The third kappa shape index (κ3) is 3.53. The summed E-state index contributed by atoms with van der Waals surface area (Å²) in [5.41, 5.74) is 0.397. The van der Waals surface area contributed by atoms with Crippen LogP contribution in [-0.2, 0) is 15.9 Å². The molecule has 0 radical (unpaired) electrons. The number of hydrogen-bond acceptors (Lipinski definition) is 6. The number of aromatic nitrogens is 2. The zero-order valence-corrected chi connectivity index (χ0v) is 14.0. The largest absolute Gasteiger partial charge is 0.461 e. The first-order valence-electron chi connectivity index (χ1n) is 7.12. The van der Waals surface area contributed by atoms with Gasteiger partial charge in [0, 0.05) is 13.5 Å². The second-order valence-electron chi connectivity index (χ2n) is 5.48. The van der Waals surface area contributed by atoms with E-state index in [0.29, 0.717) is 46.1 Å². The predicted molar refractivity (Wildman–Crippen MR) is 85.7 cm³/mol. The van der Waals surface area contributed by atoms with Gasteiger partial charge in [-0.15, -0.1) is 11.3 Å². The molecule has 0 saturated carbocycles. The normalized spacial score (nSPS) is 11.3. The summed E-state index contributed by atoms with van der Waals surface area (Å²) in [4.78, 5) is 32.5. The van der Waals surface area contributed by atoms with Crippen LogP contribution in [0.5, 0.6) is 0 Å². The zero-order valence-electron chi connectivity index (χ0n) is 13.2. The quantitative estimate of drug-likeness (QED) is 0.825. The fourth-order valence-corrected chi connectivity index (χ4v) is 3.10. The molecule has 6 nitrogen and oxygen atoms in total. The van der Waals surface area contributed by atoms with E-state index >= 15 is 0 Å². The first-order valence-corrected chi connectivity index (χ1v) is 7.94. The van der Waals surface area contributed by atoms with Gasteiger partial charge in [0.15, 0.2) is 0 Å². The van der Waals surface area contributed by atoms with Crippen molar-refractivity contribution in [3.05, 3.63) is 26.6 Å². The minimum Gasteiger partial charge on any atom is -0.461 e. The average Bonchev–Trinajstić information content (AvgIpc) is 2.80. The Kier molecular flexibility index (Phi) is 5.31. The van der Waals surface area contributed by atoms with Crippen molar-refractivity contribution in [2.24, 2.45) is 5.92 Å². The van der Waals surface area contributed by atoms with Gasteiger partial charge < -0.3 is 14.5 Å². The number of carbonyl (C=O) groups excluding carboxylic acids is 1. The van der Waals surface area contributed by atoms with E-state index in [-0.39, 0.29) is 11.5 Å². The molecule has 22 heavy (non-hydrogen) atoms. The Morgan fingerprint density at radius 2 is 2.14 bits per heavy atom. The molecule has 0 aliphatic carbocycles. The second kappa shape index (κ2) is 7.02.